The highest BCUT2D eigenvalue weighted by atomic mass is 79.9. The molecular formula is C22H22BrN5O2. The molecule has 2 amide bonds. The predicted molar refractivity (Wildman–Crippen MR) is 118 cm³/mol. The summed E-state index contributed by atoms with van der Waals surface area (Å²) in [6.45, 7) is 3.29. The maximum Gasteiger partial charge on any atom is 0.278 e. The third-order valence-electron chi connectivity index (χ3n) is 5.21. The van der Waals surface area contributed by atoms with Crippen LogP contribution in [0.15, 0.2) is 53.0 Å². The zero-order valence-electron chi connectivity index (χ0n) is 16.6. The summed E-state index contributed by atoms with van der Waals surface area (Å²) < 4.78 is 2.52. The number of carbonyl (C=O) groups excluding carboxylic acids is 2. The van der Waals surface area contributed by atoms with Crippen LogP contribution in [0.3, 0.4) is 0 Å². The summed E-state index contributed by atoms with van der Waals surface area (Å²) in [4.78, 5) is 27.8. The molecule has 1 N–H and O–H groups in total. The van der Waals surface area contributed by atoms with Crippen molar-refractivity contribution in [1.29, 1.82) is 0 Å². The standard InChI is InChI=1S/C22H22BrN5O2/c1-15-20(25-26-28(15)17-9-7-8-16(23)14-17)21(29)24-19-11-4-3-10-18(19)22(30)27-12-5-2-6-13-27/h3-4,7-11,14H,2,5-6,12-13H2,1H3,(H,24,29). The van der Waals surface area contributed by atoms with Gasteiger partial charge in [-0.3, -0.25) is 9.59 Å². The first-order valence-electron chi connectivity index (χ1n) is 9.92. The molecule has 2 aromatic carbocycles. The highest BCUT2D eigenvalue weighted by molar-refractivity contribution is 9.10. The number of hydrogen-bond acceptors (Lipinski definition) is 4. The van der Waals surface area contributed by atoms with Crippen LogP contribution in [-0.4, -0.2) is 44.8 Å². The summed E-state index contributed by atoms with van der Waals surface area (Å²) in [7, 11) is 0. The van der Waals surface area contributed by atoms with Crippen LogP contribution in [0, 0.1) is 6.92 Å². The van der Waals surface area contributed by atoms with Crippen LogP contribution in [-0.2, 0) is 0 Å². The number of nitrogens with zero attached hydrogens (tertiary/aromatic N) is 4. The van der Waals surface area contributed by atoms with E-state index in [0.717, 1.165) is 42.5 Å². The van der Waals surface area contributed by atoms with E-state index >= 15 is 0 Å². The van der Waals surface area contributed by atoms with E-state index in [1.54, 1.807) is 29.8 Å². The van der Waals surface area contributed by atoms with Crippen LogP contribution >= 0.6 is 15.9 Å². The topological polar surface area (TPSA) is 80.1 Å². The van der Waals surface area contributed by atoms with Gasteiger partial charge in [-0.15, -0.1) is 5.10 Å². The van der Waals surface area contributed by atoms with E-state index in [1.807, 2.05) is 35.2 Å². The minimum Gasteiger partial charge on any atom is -0.339 e. The number of anilines is 1. The van der Waals surface area contributed by atoms with E-state index in [-0.39, 0.29) is 11.6 Å². The second-order valence-corrected chi connectivity index (χ2v) is 8.18. The molecule has 0 spiro atoms. The van der Waals surface area contributed by atoms with Gasteiger partial charge in [0.25, 0.3) is 11.8 Å². The average Bonchev–Trinajstić information content (AvgIpc) is 3.16. The second-order valence-electron chi connectivity index (χ2n) is 7.27. The molecule has 1 aromatic heterocycles. The summed E-state index contributed by atoms with van der Waals surface area (Å²) >= 11 is 3.44. The molecule has 154 valence electrons. The lowest BCUT2D eigenvalue weighted by Gasteiger charge is -2.27. The van der Waals surface area contributed by atoms with Gasteiger partial charge in [-0.05, 0) is 56.5 Å². The lowest BCUT2D eigenvalue weighted by Crippen LogP contribution is -2.36. The largest absolute Gasteiger partial charge is 0.339 e. The molecule has 0 bridgehead atoms. The van der Waals surface area contributed by atoms with Gasteiger partial charge in [0, 0.05) is 17.6 Å². The third kappa shape index (κ3) is 4.14. The Morgan fingerprint density at radius 3 is 2.57 bits per heavy atom. The number of piperidine rings is 1. The first-order chi connectivity index (χ1) is 14.5. The molecular weight excluding hydrogens is 446 g/mol. The van der Waals surface area contributed by atoms with Gasteiger partial charge in [-0.25, -0.2) is 4.68 Å². The van der Waals surface area contributed by atoms with Gasteiger partial charge in [0.05, 0.1) is 22.6 Å². The molecule has 0 aliphatic carbocycles. The van der Waals surface area contributed by atoms with Gasteiger partial charge in [0.2, 0.25) is 0 Å². The molecule has 0 atom stereocenters. The Hall–Kier alpha value is -3.00. The van der Waals surface area contributed by atoms with Gasteiger partial charge in [-0.1, -0.05) is 39.3 Å². The monoisotopic (exact) mass is 467 g/mol. The number of benzene rings is 2. The Balaban J connectivity index is 1.57. The van der Waals surface area contributed by atoms with Crippen molar-refractivity contribution >= 4 is 33.4 Å². The Morgan fingerprint density at radius 1 is 1.03 bits per heavy atom. The van der Waals surface area contributed by atoms with Crippen LogP contribution in [0.5, 0.6) is 0 Å². The Kier molecular flexibility index (Phi) is 5.94. The molecule has 0 unspecified atom stereocenters. The normalized spacial score (nSPS) is 13.9. The molecule has 30 heavy (non-hydrogen) atoms. The molecule has 7 nitrogen and oxygen atoms in total. The number of para-hydroxylation sites is 1. The molecule has 0 saturated carbocycles. The molecule has 3 aromatic rings. The first-order valence-corrected chi connectivity index (χ1v) is 10.7. The number of carbonyl (C=O) groups is 2. The maximum atomic E-state index is 13.0. The van der Waals surface area contributed by atoms with Gasteiger partial charge >= 0.3 is 0 Å². The summed E-state index contributed by atoms with van der Waals surface area (Å²) in [6.07, 6.45) is 3.17. The highest BCUT2D eigenvalue weighted by Gasteiger charge is 2.23. The fraction of sp³-hybridized carbons (Fsp3) is 0.273. The van der Waals surface area contributed by atoms with Crippen molar-refractivity contribution in [2.75, 3.05) is 18.4 Å². The van der Waals surface area contributed by atoms with E-state index in [9.17, 15) is 9.59 Å². The zero-order chi connectivity index (χ0) is 21.1. The fourth-order valence-electron chi connectivity index (χ4n) is 3.62. The van der Waals surface area contributed by atoms with Crippen molar-refractivity contribution in [2.24, 2.45) is 0 Å². The summed E-state index contributed by atoms with van der Waals surface area (Å²) in [6, 6.07) is 14.7. The second kappa shape index (κ2) is 8.79. The van der Waals surface area contributed by atoms with Crippen LogP contribution in [0.25, 0.3) is 5.69 Å². The smallest absolute Gasteiger partial charge is 0.278 e. The van der Waals surface area contributed by atoms with Crippen LogP contribution in [0.2, 0.25) is 0 Å². The molecule has 1 saturated heterocycles. The van der Waals surface area contributed by atoms with E-state index in [4.69, 9.17) is 0 Å². The molecule has 8 heteroatoms. The van der Waals surface area contributed by atoms with Crippen molar-refractivity contribution in [3.63, 3.8) is 0 Å². The Bertz CT molecular complexity index is 1090. The number of rotatable bonds is 4. The first kappa shape index (κ1) is 20.3. The Labute approximate surface area is 183 Å². The van der Waals surface area contributed by atoms with Gasteiger partial charge < -0.3 is 10.2 Å². The quantitative estimate of drug-likeness (QED) is 0.622. The summed E-state index contributed by atoms with van der Waals surface area (Å²) in [5.74, 6) is -0.451. The number of nitrogens with one attached hydrogen (secondary N) is 1. The number of aromatic nitrogens is 3. The third-order valence-corrected chi connectivity index (χ3v) is 5.70. The van der Waals surface area contributed by atoms with Gasteiger partial charge in [0.15, 0.2) is 5.69 Å². The molecule has 1 fully saturated rings. The number of hydrogen-bond donors (Lipinski definition) is 1. The molecule has 1 aliphatic heterocycles. The van der Waals surface area contributed by atoms with Crippen LogP contribution in [0.1, 0.15) is 45.8 Å². The lowest BCUT2D eigenvalue weighted by molar-refractivity contribution is 0.0725. The van der Waals surface area contributed by atoms with E-state index in [1.165, 1.54) is 0 Å². The molecule has 0 radical (unpaired) electrons. The van der Waals surface area contributed by atoms with Crippen molar-refractivity contribution in [1.82, 2.24) is 19.9 Å². The van der Waals surface area contributed by atoms with Crippen molar-refractivity contribution in [3.05, 3.63) is 70.0 Å². The average molecular weight is 468 g/mol. The van der Waals surface area contributed by atoms with Gasteiger partial charge in [0.1, 0.15) is 0 Å². The molecule has 4 rings (SSSR count). The number of likely N-dealkylation sites (tertiary alicyclic amines) is 1. The zero-order valence-corrected chi connectivity index (χ0v) is 18.2. The van der Waals surface area contributed by atoms with Crippen LogP contribution < -0.4 is 5.32 Å². The highest BCUT2D eigenvalue weighted by Crippen LogP contribution is 2.22. The maximum absolute atomic E-state index is 13.0. The minimum absolute atomic E-state index is 0.0555. The summed E-state index contributed by atoms with van der Waals surface area (Å²) in [5, 5.41) is 11.1. The SMILES string of the molecule is Cc1c(C(=O)Nc2ccccc2C(=O)N2CCCCC2)nnn1-c1cccc(Br)c1. The van der Waals surface area contributed by atoms with Gasteiger partial charge in [-0.2, -0.15) is 0 Å². The minimum atomic E-state index is -0.396. The van der Waals surface area contributed by atoms with E-state index < -0.39 is 5.91 Å². The lowest BCUT2D eigenvalue weighted by atomic mass is 10.1. The van der Waals surface area contributed by atoms with Crippen molar-refractivity contribution in [3.8, 4) is 5.69 Å². The molecule has 1 aliphatic rings. The molecule has 2 heterocycles. The Morgan fingerprint density at radius 2 is 1.80 bits per heavy atom. The number of amides is 2. The predicted octanol–water partition coefficient (Wildman–Crippen LogP) is 4.22. The van der Waals surface area contributed by atoms with Crippen molar-refractivity contribution in [2.45, 2.75) is 26.2 Å². The fourth-order valence-corrected chi connectivity index (χ4v) is 4.01. The van der Waals surface area contributed by atoms with E-state index in [2.05, 4.69) is 31.6 Å². The van der Waals surface area contributed by atoms with E-state index in [0.29, 0.717) is 16.9 Å². The number of halogens is 1. The van der Waals surface area contributed by atoms with Crippen LogP contribution in [0.4, 0.5) is 5.69 Å². The van der Waals surface area contributed by atoms with Crippen molar-refractivity contribution < 1.29 is 9.59 Å². The summed E-state index contributed by atoms with van der Waals surface area (Å²) in [5.41, 5.74) is 2.61.